The van der Waals surface area contributed by atoms with Crippen LogP contribution in [0.3, 0.4) is 0 Å². The molecule has 0 bridgehead atoms. The van der Waals surface area contributed by atoms with Crippen molar-refractivity contribution in [2.45, 2.75) is 39.3 Å². The first-order valence-corrected chi connectivity index (χ1v) is 14.4. The summed E-state index contributed by atoms with van der Waals surface area (Å²) in [5.41, 5.74) is 2.31. The average molecular weight is 332 g/mol. The molecule has 1 heterocycles. The first-order chi connectivity index (χ1) is 10.1. The summed E-state index contributed by atoms with van der Waals surface area (Å²) in [5, 5.41) is 1.18. The summed E-state index contributed by atoms with van der Waals surface area (Å²) in [6.07, 6.45) is 5.59. The molecule has 5 heteroatoms. The number of benzene rings is 1. The second-order valence-corrected chi connectivity index (χ2v) is 16.8. The molecule has 1 aromatic carbocycles. The fourth-order valence-electron chi connectivity index (χ4n) is 2.39. The van der Waals surface area contributed by atoms with E-state index in [0.29, 0.717) is 0 Å². The van der Waals surface area contributed by atoms with Gasteiger partial charge in [-0.25, -0.2) is 4.79 Å². The smallest absolute Gasteiger partial charge is 0.317 e. The molecule has 2 rings (SSSR count). The minimum absolute atomic E-state index is 0.246. The molecule has 1 aromatic heterocycles. The average Bonchev–Trinajstić information content (AvgIpc) is 2.73. The lowest BCUT2D eigenvalue weighted by Gasteiger charge is -2.19. The number of carbonyl (C=O) groups excluding carboxylic acids is 1. The molecule has 0 saturated heterocycles. The van der Waals surface area contributed by atoms with Crippen LogP contribution in [0.25, 0.3) is 17.0 Å². The molecule has 0 atom stereocenters. The van der Waals surface area contributed by atoms with Gasteiger partial charge in [-0.15, -0.1) is 0 Å². The van der Waals surface area contributed by atoms with Gasteiger partial charge in [-0.05, 0) is 37.3 Å². The maximum Gasteiger partial charge on any atom is 0.317 e. The summed E-state index contributed by atoms with van der Waals surface area (Å²) in [7, 11) is -3.33. The van der Waals surface area contributed by atoms with Crippen molar-refractivity contribution in [1.82, 2.24) is 4.23 Å². The summed E-state index contributed by atoms with van der Waals surface area (Å²) in [6.45, 7) is 13.0. The second kappa shape index (κ2) is 5.89. The molecule has 0 spiro atoms. The fourth-order valence-corrected chi connectivity index (χ4v) is 4.50. The van der Waals surface area contributed by atoms with Gasteiger partial charge in [0, 0.05) is 23.2 Å². The molecule has 2 aromatic rings. The summed E-state index contributed by atoms with van der Waals surface area (Å²) in [6, 6.07) is 8.35. The Morgan fingerprint density at radius 1 is 1.09 bits per heavy atom. The summed E-state index contributed by atoms with van der Waals surface area (Å²) in [5.74, 6) is -0.246. The molecule has 0 aliphatic carbocycles. The lowest BCUT2D eigenvalue weighted by atomic mass is 10.1. The maximum atomic E-state index is 11.9. The maximum absolute atomic E-state index is 11.9. The van der Waals surface area contributed by atoms with E-state index < -0.39 is 16.6 Å². The zero-order chi connectivity index (χ0) is 16.5. The van der Waals surface area contributed by atoms with E-state index in [1.807, 2.05) is 31.8 Å². The highest BCUT2D eigenvalue weighted by molar-refractivity contribution is 6.75. The third kappa shape index (κ3) is 3.98. The van der Waals surface area contributed by atoms with Crippen LogP contribution in [0.2, 0.25) is 39.3 Å². The Bertz CT molecular complexity index is 718. The molecule has 0 aliphatic rings. The van der Waals surface area contributed by atoms with Gasteiger partial charge >= 0.3 is 5.97 Å². The molecule has 0 amide bonds. The van der Waals surface area contributed by atoms with Gasteiger partial charge in [-0.2, -0.15) is 0 Å². The number of hydrogen-bond donors (Lipinski definition) is 0. The molecule has 0 fully saturated rings. The van der Waals surface area contributed by atoms with Crippen molar-refractivity contribution in [2.24, 2.45) is 0 Å². The van der Waals surface area contributed by atoms with Crippen molar-refractivity contribution in [1.29, 1.82) is 0 Å². The van der Waals surface area contributed by atoms with Crippen molar-refractivity contribution in [3.63, 3.8) is 0 Å². The Morgan fingerprint density at radius 3 is 2.32 bits per heavy atom. The van der Waals surface area contributed by atoms with E-state index in [2.05, 4.69) is 48.3 Å². The molecular formula is C17H25NO2Si2. The lowest BCUT2D eigenvalue weighted by Crippen LogP contribution is -2.30. The van der Waals surface area contributed by atoms with Crippen LogP contribution in [-0.4, -0.2) is 26.8 Å². The molecule has 0 unspecified atom stereocenters. The van der Waals surface area contributed by atoms with Gasteiger partial charge in [0.25, 0.3) is 0 Å². The minimum atomic E-state index is -1.84. The second-order valence-electron chi connectivity index (χ2n) is 7.51. The molecule has 3 nitrogen and oxygen atoms in total. The summed E-state index contributed by atoms with van der Waals surface area (Å²) in [4.78, 5) is 11.9. The van der Waals surface area contributed by atoms with Crippen molar-refractivity contribution < 1.29 is 9.22 Å². The van der Waals surface area contributed by atoms with Gasteiger partial charge < -0.3 is 8.66 Å². The Morgan fingerprint density at radius 2 is 1.73 bits per heavy atom. The van der Waals surface area contributed by atoms with Crippen LogP contribution in [0.1, 0.15) is 5.56 Å². The predicted molar refractivity (Wildman–Crippen MR) is 99.2 cm³/mol. The number of carbonyl (C=O) groups is 1. The molecule has 0 radical (unpaired) electrons. The van der Waals surface area contributed by atoms with Gasteiger partial charge in [0.15, 0.2) is 8.24 Å². The van der Waals surface area contributed by atoms with Gasteiger partial charge in [0.05, 0.1) is 0 Å². The van der Waals surface area contributed by atoms with Crippen molar-refractivity contribution in [3.05, 3.63) is 42.1 Å². The van der Waals surface area contributed by atoms with Gasteiger partial charge in [-0.1, -0.05) is 37.8 Å². The van der Waals surface area contributed by atoms with E-state index in [-0.39, 0.29) is 5.97 Å². The molecule has 0 saturated carbocycles. The van der Waals surface area contributed by atoms with Gasteiger partial charge in [0.1, 0.15) is 0 Å². The van der Waals surface area contributed by atoms with Crippen LogP contribution >= 0.6 is 0 Å². The molecular weight excluding hydrogens is 306 g/mol. The topological polar surface area (TPSA) is 31.2 Å². The third-order valence-corrected chi connectivity index (χ3v) is 5.90. The minimum Gasteiger partial charge on any atom is -0.517 e. The monoisotopic (exact) mass is 331 g/mol. The molecule has 22 heavy (non-hydrogen) atoms. The van der Waals surface area contributed by atoms with Crippen LogP contribution in [0.15, 0.2) is 36.5 Å². The van der Waals surface area contributed by atoms with Gasteiger partial charge in [-0.3, -0.25) is 0 Å². The Hall–Kier alpha value is -1.60. The van der Waals surface area contributed by atoms with Crippen LogP contribution in [0.5, 0.6) is 0 Å². The SMILES string of the molecule is C[Si](C)(C)OC(=O)/C=C/c1cn([Si](C)(C)C)c2ccccc12. The number of fused-ring (bicyclic) bond motifs is 1. The highest BCUT2D eigenvalue weighted by Gasteiger charge is 2.20. The Labute approximate surface area is 134 Å². The van der Waals surface area contributed by atoms with Crippen molar-refractivity contribution in [3.8, 4) is 0 Å². The van der Waals surface area contributed by atoms with Crippen molar-refractivity contribution >= 4 is 39.5 Å². The number of rotatable bonds is 4. The van der Waals surface area contributed by atoms with Crippen LogP contribution in [0.4, 0.5) is 0 Å². The van der Waals surface area contributed by atoms with Crippen molar-refractivity contribution in [2.75, 3.05) is 0 Å². The lowest BCUT2D eigenvalue weighted by molar-refractivity contribution is -0.129. The third-order valence-electron chi connectivity index (χ3n) is 3.27. The number of hydrogen-bond acceptors (Lipinski definition) is 2. The van der Waals surface area contributed by atoms with E-state index in [0.717, 1.165) is 5.56 Å². The van der Waals surface area contributed by atoms with E-state index >= 15 is 0 Å². The Balaban J connectivity index is 2.39. The van der Waals surface area contributed by atoms with Crippen LogP contribution in [0, 0.1) is 0 Å². The zero-order valence-corrected chi connectivity index (χ0v) is 16.3. The fraction of sp³-hybridized carbons (Fsp3) is 0.353. The van der Waals surface area contributed by atoms with Crippen LogP contribution in [-0.2, 0) is 9.22 Å². The van der Waals surface area contributed by atoms with Gasteiger partial charge in [0.2, 0.25) is 8.32 Å². The first-order valence-electron chi connectivity index (χ1n) is 7.59. The van der Waals surface area contributed by atoms with E-state index in [1.54, 1.807) is 6.08 Å². The largest absolute Gasteiger partial charge is 0.517 e. The predicted octanol–water partition coefficient (Wildman–Crippen LogP) is 4.72. The zero-order valence-electron chi connectivity index (χ0n) is 14.3. The van der Waals surface area contributed by atoms with E-state index in [9.17, 15) is 4.79 Å². The summed E-state index contributed by atoms with van der Waals surface area (Å²) < 4.78 is 7.84. The first kappa shape index (κ1) is 16.8. The quantitative estimate of drug-likeness (QED) is 0.600. The molecule has 0 aliphatic heterocycles. The van der Waals surface area contributed by atoms with E-state index in [4.69, 9.17) is 4.43 Å². The Kier molecular flexibility index (Phi) is 4.49. The summed E-state index contributed by atoms with van der Waals surface area (Å²) >= 11 is 0. The standard InChI is InChI=1S/C17H25NO2Si2/c1-21(2,3)18-13-14(15-9-7-8-10-16(15)18)11-12-17(19)20-22(4,5)6/h7-13H,1-6H3/b12-11+. The number of aromatic nitrogens is 1. The molecule has 118 valence electrons. The number of nitrogens with zero attached hydrogens (tertiary/aromatic N) is 1. The number of para-hydroxylation sites is 1. The van der Waals surface area contributed by atoms with Crippen LogP contribution < -0.4 is 0 Å². The highest BCUT2D eigenvalue weighted by atomic mass is 28.4. The normalized spacial score (nSPS) is 13.0. The van der Waals surface area contributed by atoms with E-state index in [1.165, 1.54) is 10.9 Å². The molecule has 0 N–H and O–H groups in total. The highest BCUT2D eigenvalue weighted by Crippen LogP contribution is 2.25.